The van der Waals surface area contributed by atoms with Crippen LogP contribution in [0.5, 0.6) is 5.75 Å². The summed E-state index contributed by atoms with van der Waals surface area (Å²) in [4.78, 5) is 12.3. The number of anilines is 1. The molecule has 10 heteroatoms. The lowest BCUT2D eigenvalue weighted by atomic mass is 10.2. The molecule has 0 fully saturated rings. The van der Waals surface area contributed by atoms with Crippen LogP contribution in [0.2, 0.25) is 0 Å². The van der Waals surface area contributed by atoms with E-state index in [4.69, 9.17) is 9.47 Å². The molecule has 164 valence electrons. The molecule has 0 aliphatic carbocycles. The van der Waals surface area contributed by atoms with E-state index in [1.807, 2.05) is 6.26 Å². The van der Waals surface area contributed by atoms with Gasteiger partial charge in [0.25, 0.3) is 0 Å². The van der Waals surface area contributed by atoms with Crippen LogP contribution in [-0.2, 0) is 19.6 Å². The highest BCUT2D eigenvalue weighted by Gasteiger charge is 2.27. The third-order valence-electron chi connectivity index (χ3n) is 4.01. The topological polar surface area (TPSA) is 93.7 Å². The number of rotatable bonds is 12. The van der Waals surface area contributed by atoms with Crippen LogP contribution in [0.25, 0.3) is 0 Å². The highest BCUT2D eigenvalue weighted by atomic mass is 32.2. The van der Waals surface area contributed by atoms with Gasteiger partial charge in [0.1, 0.15) is 29.1 Å². The van der Waals surface area contributed by atoms with Gasteiger partial charge in [0.15, 0.2) is 0 Å². The molecule has 0 saturated carbocycles. The Morgan fingerprint density at radius 1 is 1.17 bits per heavy atom. The number of hydrogen-bond donors (Lipinski definition) is 2. The van der Waals surface area contributed by atoms with Gasteiger partial charge in [0.05, 0.1) is 6.61 Å². The molecule has 1 amide bonds. The first-order chi connectivity index (χ1) is 14.4. The van der Waals surface area contributed by atoms with E-state index in [-0.39, 0.29) is 6.42 Å². The number of carbonyl (C=O) groups excluding carboxylic acids is 1. The molecule has 0 bridgehead atoms. The third kappa shape index (κ3) is 7.28. The third-order valence-corrected chi connectivity index (χ3v) is 6.16. The minimum atomic E-state index is -4.21. The maximum Gasteiger partial charge on any atom is 0.244 e. The van der Waals surface area contributed by atoms with E-state index < -0.39 is 32.7 Å². The summed E-state index contributed by atoms with van der Waals surface area (Å²) in [6.07, 6.45) is 2.09. The number of halogens is 1. The summed E-state index contributed by atoms with van der Waals surface area (Å²) in [5.74, 6) is -0.344. The Balaban J connectivity index is 2.14. The molecular formula is C20H25FN2O5S2. The Morgan fingerprint density at radius 3 is 2.63 bits per heavy atom. The number of carbonyl (C=O) groups is 1. The van der Waals surface area contributed by atoms with Crippen LogP contribution in [0.15, 0.2) is 53.4 Å². The zero-order valence-corrected chi connectivity index (χ0v) is 18.4. The van der Waals surface area contributed by atoms with Gasteiger partial charge >= 0.3 is 0 Å². The first-order valence-electron chi connectivity index (χ1n) is 9.16. The van der Waals surface area contributed by atoms with E-state index in [0.717, 1.165) is 12.1 Å². The quantitative estimate of drug-likeness (QED) is 0.477. The Bertz CT molecular complexity index is 940. The van der Waals surface area contributed by atoms with Gasteiger partial charge in [-0.2, -0.15) is 16.5 Å². The molecule has 0 aliphatic rings. The maximum atomic E-state index is 14.0. The van der Waals surface area contributed by atoms with Gasteiger partial charge < -0.3 is 14.8 Å². The fourth-order valence-electron chi connectivity index (χ4n) is 2.53. The van der Waals surface area contributed by atoms with Crippen molar-refractivity contribution in [2.45, 2.75) is 17.4 Å². The zero-order chi connectivity index (χ0) is 22.0. The number of benzene rings is 2. The van der Waals surface area contributed by atoms with Gasteiger partial charge in [-0.3, -0.25) is 4.79 Å². The van der Waals surface area contributed by atoms with Crippen LogP contribution >= 0.6 is 11.8 Å². The molecule has 0 saturated heterocycles. The minimum absolute atomic E-state index is 0.241. The first-order valence-corrected chi connectivity index (χ1v) is 12.0. The molecule has 2 aromatic carbocycles. The largest absolute Gasteiger partial charge is 0.491 e. The number of methoxy groups -OCH3 is 1. The van der Waals surface area contributed by atoms with Crippen molar-refractivity contribution in [2.24, 2.45) is 0 Å². The number of thioether (sulfide) groups is 1. The van der Waals surface area contributed by atoms with Crippen LogP contribution in [-0.4, -0.2) is 52.7 Å². The first kappa shape index (κ1) is 24.1. The minimum Gasteiger partial charge on any atom is -0.491 e. The summed E-state index contributed by atoms with van der Waals surface area (Å²) >= 11 is 1.47. The average molecular weight is 457 g/mol. The molecule has 0 radical (unpaired) electrons. The zero-order valence-electron chi connectivity index (χ0n) is 16.8. The van der Waals surface area contributed by atoms with Crippen LogP contribution in [0, 0.1) is 5.82 Å². The number of amides is 1. The summed E-state index contributed by atoms with van der Waals surface area (Å²) in [5, 5.41) is 2.69. The predicted molar refractivity (Wildman–Crippen MR) is 116 cm³/mol. The average Bonchev–Trinajstić information content (AvgIpc) is 2.71. The van der Waals surface area contributed by atoms with Gasteiger partial charge in [-0.15, -0.1) is 0 Å². The van der Waals surface area contributed by atoms with Gasteiger partial charge in [0, 0.05) is 18.9 Å². The van der Waals surface area contributed by atoms with Crippen molar-refractivity contribution < 1.29 is 27.1 Å². The van der Waals surface area contributed by atoms with Crippen molar-refractivity contribution in [1.29, 1.82) is 0 Å². The molecule has 0 aliphatic heterocycles. The van der Waals surface area contributed by atoms with Gasteiger partial charge in [-0.05, 0) is 42.7 Å². The van der Waals surface area contributed by atoms with E-state index in [0.29, 0.717) is 30.4 Å². The summed E-state index contributed by atoms with van der Waals surface area (Å²) < 4.78 is 52.0. The van der Waals surface area contributed by atoms with Crippen LogP contribution < -0.4 is 14.8 Å². The fourth-order valence-corrected chi connectivity index (χ4v) is 4.31. The second-order valence-electron chi connectivity index (χ2n) is 6.24. The maximum absolute atomic E-state index is 14.0. The molecule has 2 aromatic rings. The Morgan fingerprint density at radius 2 is 1.93 bits per heavy atom. The van der Waals surface area contributed by atoms with Crippen molar-refractivity contribution in [2.75, 3.05) is 37.6 Å². The summed E-state index contributed by atoms with van der Waals surface area (Å²) in [7, 11) is -2.65. The van der Waals surface area contributed by atoms with E-state index in [1.54, 1.807) is 31.4 Å². The number of ether oxygens (including phenoxy) is 2. The summed E-state index contributed by atoms with van der Waals surface area (Å²) in [5.41, 5.74) is 0.453. The van der Waals surface area contributed by atoms with E-state index >= 15 is 0 Å². The molecule has 2 N–H and O–H groups in total. The van der Waals surface area contributed by atoms with Crippen LogP contribution in [0.1, 0.15) is 6.42 Å². The standard InChI is InChI=1S/C20H25FN2O5S2/c1-27-11-12-28-16-7-5-6-15(14-16)22-20(24)18(10-13-29-2)23-30(25,26)19-9-4-3-8-17(19)21/h3-9,14,18,23H,10-13H2,1-2H3,(H,22,24). The van der Waals surface area contributed by atoms with Crippen LogP contribution in [0.4, 0.5) is 10.1 Å². The molecule has 1 atom stereocenters. The predicted octanol–water partition coefficient (Wildman–Crippen LogP) is 2.89. The smallest absolute Gasteiger partial charge is 0.244 e. The molecule has 2 rings (SSSR count). The highest BCUT2D eigenvalue weighted by Crippen LogP contribution is 2.19. The lowest BCUT2D eigenvalue weighted by Gasteiger charge is -2.19. The Labute approximate surface area is 180 Å². The Kier molecular flexibility index (Phi) is 9.57. The normalized spacial score (nSPS) is 12.4. The second kappa shape index (κ2) is 11.9. The Hall–Kier alpha value is -2.14. The number of sulfonamides is 1. The monoisotopic (exact) mass is 456 g/mol. The van der Waals surface area contributed by atoms with Crippen molar-refractivity contribution in [1.82, 2.24) is 4.72 Å². The molecule has 0 aromatic heterocycles. The molecule has 30 heavy (non-hydrogen) atoms. The highest BCUT2D eigenvalue weighted by molar-refractivity contribution is 7.98. The lowest BCUT2D eigenvalue weighted by molar-refractivity contribution is -0.117. The molecule has 0 spiro atoms. The number of hydrogen-bond acceptors (Lipinski definition) is 6. The summed E-state index contributed by atoms with van der Waals surface area (Å²) in [6.45, 7) is 0.776. The van der Waals surface area contributed by atoms with Crippen molar-refractivity contribution in [3.8, 4) is 5.75 Å². The number of nitrogens with one attached hydrogen (secondary N) is 2. The summed E-state index contributed by atoms with van der Waals surface area (Å²) in [6, 6.07) is 10.7. The van der Waals surface area contributed by atoms with Crippen molar-refractivity contribution >= 4 is 33.4 Å². The van der Waals surface area contributed by atoms with E-state index in [9.17, 15) is 17.6 Å². The fraction of sp³-hybridized carbons (Fsp3) is 0.350. The lowest BCUT2D eigenvalue weighted by Crippen LogP contribution is -2.44. The van der Waals surface area contributed by atoms with Gasteiger partial charge in [-0.25, -0.2) is 12.8 Å². The molecule has 7 nitrogen and oxygen atoms in total. The van der Waals surface area contributed by atoms with Crippen molar-refractivity contribution in [3.05, 3.63) is 54.3 Å². The molecule has 1 unspecified atom stereocenters. The van der Waals surface area contributed by atoms with Gasteiger partial charge in [0.2, 0.25) is 15.9 Å². The molecular weight excluding hydrogens is 431 g/mol. The van der Waals surface area contributed by atoms with E-state index in [2.05, 4.69) is 10.0 Å². The van der Waals surface area contributed by atoms with E-state index in [1.165, 1.54) is 23.9 Å². The second-order valence-corrected chi connectivity index (χ2v) is 8.91. The van der Waals surface area contributed by atoms with Crippen molar-refractivity contribution in [3.63, 3.8) is 0 Å². The van der Waals surface area contributed by atoms with Crippen LogP contribution in [0.3, 0.4) is 0 Å². The SMILES string of the molecule is COCCOc1cccc(NC(=O)C(CCSC)NS(=O)(=O)c2ccccc2F)c1. The van der Waals surface area contributed by atoms with Gasteiger partial charge in [-0.1, -0.05) is 18.2 Å². The molecule has 0 heterocycles.